The van der Waals surface area contributed by atoms with Crippen molar-refractivity contribution in [2.45, 2.75) is 36.7 Å². The van der Waals surface area contributed by atoms with Gasteiger partial charge in [0, 0.05) is 7.05 Å². The van der Waals surface area contributed by atoms with Crippen molar-refractivity contribution >= 4 is 48.4 Å². The van der Waals surface area contributed by atoms with Gasteiger partial charge in [0.2, 0.25) is 5.88 Å². The molecule has 0 fully saturated rings. The number of benzene rings is 2. The van der Waals surface area contributed by atoms with Gasteiger partial charge in [-0.15, -0.1) is 0 Å². The molecule has 3 aromatic heterocycles. The molecule has 0 amide bonds. The summed E-state index contributed by atoms with van der Waals surface area (Å²) in [6.07, 6.45) is -0.238. The van der Waals surface area contributed by atoms with Crippen LogP contribution in [-0.4, -0.2) is 63.5 Å². The average molecular weight is 601 g/mol. The summed E-state index contributed by atoms with van der Waals surface area (Å²) in [5.74, 6) is 0.293. The van der Waals surface area contributed by atoms with Gasteiger partial charge in [0.05, 0.1) is 33.4 Å². The molecule has 0 aliphatic carbocycles. The Bertz CT molecular complexity index is 2090. The van der Waals surface area contributed by atoms with E-state index in [1.165, 1.54) is 19.0 Å². The van der Waals surface area contributed by atoms with Crippen molar-refractivity contribution in [1.82, 2.24) is 24.4 Å². The zero-order valence-corrected chi connectivity index (χ0v) is 23.7. The molecule has 0 atom stereocenters. The van der Waals surface area contributed by atoms with E-state index in [0.29, 0.717) is 22.7 Å². The maximum absolute atomic E-state index is 12.2. The molecule has 15 nitrogen and oxygen atoms in total. The maximum atomic E-state index is 12.2. The Hall–Kier alpha value is -4.63. The topological polar surface area (TPSA) is 208 Å². The Morgan fingerprint density at radius 2 is 1.83 bits per heavy atom. The molecule has 0 bridgehead atoms. The van der Waals surface area contributed by atoms with Gasteiger partial charge in [0.1, 0.15) is 16.5 Å². The zero-order chi connectivity index (χ0) is 29.9. The number of hydrogen-bond donors (Lipinski definition) is 4. The summed E-state index contributed by atoms with van der Waals surface area (Å²) in [5, 5.41) is 18.8. The lowest BCUT2D eigenvalue weighted by atomic mass is 10.2. The summed E-state index contributed by atoms with van der Waals surface area (Å²) in [7, 11) is -8.17. The van der Waals surface area contributed by atoms with Crippen molar-refractivity contribution in [3.05, 3.63) is 53.7 Å². The van der Waals surface area contributed by atoms with Crippen molar-refractivity contribution < 1.29 is 30.7 Å². The van der Waals surface area contributed by atoms with Crippen LogP contribution >= 0.6 is 0 Å². The van der Waals surface area contributed by atoms with Gasteiger partial charge in [0.15, 0.2) is 17.2 Å². The fourth-order valence-electron chi connectivity index (χ4n) is 4.37. The molecule has 4 N–H and O–H groups in total. The highest BCUT2D eigenvalue weighted by atomic mass is 32.2. The van der Waals surface area contributed by atoms with Gasteiger partial charge in [-0.2, -0.15) is 27.2 Å². The first kappa shape index (κ1) is 27.9. The van der Waals surface area contributed by atoms with E-state index in [1.807, 2.05) is 44.2 Å². The summed E-state index contributed by atoms with van der Waals surface area (Å²) in [6.45, 7) is 5.16. The third kappa shape index (κ3) is 4.93. The normalized spacial score (nSPS) is 12.2. The number of rotatable bonds is 8. The van der Waals surface area contributed by atoms with Crippen LogP contribution in [0.4, 0.5) is 11.5 Å². The second kappa shape index (κ2) is 9.78. The number of imidazole rings is 1. The highest BCUT2D eigenvalue weighted by molar-refractivity contribution is 7.86. The van der Waals surface area contributed by atoms with Crippen LogP contribution < -0.4 is 15.2 Å². The van der Waals surface area contributed by atoms with Crippen LogP contribution in [0.1, 0.15) is 25.1 Å². The molecule has 0 aliphatic rings. The molecular weight excluding hydrogens is 576 g/mol. The summed E-state index contributed by atoms with van der Waals surface area (Å²) >= 11 is 0. The van der Waals surface area contributed by atoms with E-state index >= 15 is 0 Å². The average Bonchev–Trinajstić information content (AvgIpc) is 3.52. The first-order valence-corrected chi connectivity index (χ1v) is 14.8. The summed E-state index contributed by atoms with van der Waals surface area (Å²) in [5.41, 5.74) is 5.14. The molecule has 2 aromatic carbocycles. The summed E-state index contributed by atoms with van der Waals surface area (Å²) in [6, 6.07) is 11.9. The van der Waals surface area contributed by atoms with Crippen LogP contribution in [0.15, 0.2) is 52.3 Å². The Morgan fingerprint density at radius 3 is 2.46 bits per heavy atom. The highest BCUT2D eigenvalue weighted by Crippen LogP contribution is 2.35. The molecular formula is C24H24N8O7S2. The largest absolute Gasteiger partial charge is 0.474 e. The number of nitrogens with one attached hydrogen (secondary N) is 2. The second-order valence-corrected chi connectivity index (χ2v) is 12.1. The van der Waals surface area contributed by atoms with E-state index in [2.05, 4.69) is 20.6 Å². The van der Waals surface area contributed by atoms with Crippen molar-refractivity contribution in [2.24, 2.45) is 0 Å². The number of nitriles is 1. The molecule has 0 saturated carbocycles. The number of fused-ring (bicyclic) bond motifs is 3. The molecule has 17 heteroatoms. The van der Waals surface area contributed by atoms with Crippen LogP contribution in [0.3, 0.4) is 0 Å². The number of para-hydroxylation sites is 2. The molecule has 0 saturated heterocycles. The van der Waals surface area contributed by atoms with E-state index in [4.69, 9.17) is 4.74 Å². The smallest absolute Gasteiger partial charge is 0.296 e. The lowest BCUT2D eigenvalue weighted by Gasteiger charge is -2.23. The van der Waals surface area contributed by atoms with Crippen molar-refractivity contribution in [1.29, 1.82) is 5.26 Å². The van der Waals surface area contributed by atoms with Crippen LogP contribution in [0.25, 0.3) is 22.4 Å². The Kier molecular flexibility index (Phi) is 6.66. The molecule has 41 heavy (non-hydrogen) atoms. The quantitative estimate of drug-likeness (QED) is 0.150. The fourth-order valence-corrected chi connectivity index (χ4v) is 5.52. The standard InChI is InChI=1S/C24H24N8O7S2/c1-13(2)39-23-21(22-26-17-7-5-6-8-18(17)31(22)29-23)28-30(4)24-16(12-25)14(3)27-32(24)19-11-15(40(33,34)35)9-10-20(19)41(36,37)38/h5-11,13,28-29H,1-4H3,(H,33,34,35)(H,36,37,38). The van der Waals surface area contributed by atoms with E-state index < -0.39 is 35.7 Å². The first-order valence-electron chi connectivity index (χ1n) is 12.0. The molecule has 5 aromatic rings. The number of nitrogens with zero attached hydrogens (tertiary/aromatic N) is 6. The molecule has 214 valence electrons. The first-order chi connectivity index (χ1) is 19.2. The minimum absolute atomic E-state index is 0.00457. The number of anilines is 2. The van der Waals surface area contributed by atoms with Gasteiger partial charge >= 0.3 is 0 Å². The lowest BCUT2D eigenvalue weighted by Crippen LogP contribution is -2.28. The zero-order valence-electron chi connectivity index (χ0n) is 22.1. The summed E-state index contributed by atoms with van der Waals surface area (Å²) < 4.78 is 76.4. The van der Waals surface area contributed by atoms with Crippen molar-refractivity contribution in [3.8, 4) is 17.6 Å². The van der Waals surface area contributed by atoms with Crippen LogP contribution in [0, 0.1) is 18.3 Å². The number of ether oxygens (including phenoxy) is 1. The van der Waals surface area contributed by atoms with Crippen molar-refractivity contribution in [2.75, 3.05) is 17.5 Å². The van der Waals surface area contributed by atoms with Crippen LogP contribution in [0.5, 0.6) is 5.88 Å². The number of aromatic nitrogens is 5. The van der Waals surface area contributed by atoms with E-state index in [0.717, 1.165) is 28.4 Å². The number of aryl methyl sites for hydroxylation is 1. The third-order valence-electron chi connectivity index (χ3n) is 6.06. The lowest BCUT2D eigenvalue weighted by molar-refractivity contribution is 0.233. The predicted octanol–water partition coefficient (Wildman–Crippen LogP) is 2.93. The Morgan fingerprint density at radius 1 is 1.12 bits per heavy atom. The molecule has 3 heterocycles. The molecule has 5 rings (SSSR count). The summed E-state index contributed by atoms with van der Waals surface area (Å²) in [4.78, 5) is 3.31. The van der Waals surface area contributed by atoms with Crippen LogP contribution in [0.2, 0.25) is 0 Å². The van der Waals surface area contributed by atoms with E-state index in [-0.39, 0.29) is 23.2 Å². The fraction of sp³-hybridized carbons (Fsp3) is 0.208. The minimum atomic E-state index is -4.91. The number of hydrazine groups is 1. The third-order valence-corrected chi connectivity index (χ3v) is 7.81. The van der Waals surface area contributed by atoms with Gasteiger partial charge in [-0.1, -0.05) is 12.1 Å². The van der Waals surface area contributed by atoms with Crippen molar-refractivity contribution in [3.63, 3.8) is 0 Å². The highest BCUT2D eigenvalue weighted by Gasteiger charge is 2.28. The molecule has 0 spiro atoms. The van der Waals surface area contributed by atoms with E-state index in [1.54, 1.807) is 4.52 Å². The number of aromatic amines is 1. The van der Waals surface area contributed by atoms with Gasteiger partial charge in [-0.3, -0.25) is 24.6 Å². The van der Waals surface area contributed by atoms with Gasteiger partial charge in [0.25, 0.3) is 20.2 Å². The maximum Gasteiger partial charge on any atom is 0.296 e. The monoisotopic (exact) mass is 600 g/mol. The Labute approximate surface area is 234 Å². The molecule has 0 radical (unpaired) electrons. The van der Waals surface area contributed by atoms with E-state index in [9.17, 15) is 31.2 Å². The Balaban J connectivity index is 1.73. The predicted molar refractivity (Wildman–Crippen MR) is 147 cm³/mol. The molecule has 0 unspecified atom stereocenters. The second-order valence-electron chi connectivity index (χ2n) is 9.30. The minimum Gasteiger partial charge on any atom is -0.474 e. The SMILES string of the molecule is Cc1nn(-c2cc(S(=O)(=O)O)ccc2S(=O)(=O)O)c(N(C)Nc2c(OC(C)C)[nH]n3c2nc2ccccc23)c1C#N. The van der Waals surface area contributed by atoms with Gasteiger partial charge in [-0.25, -0.2) is 14.2 Å². The van der Waals surface area contributed by atoms with Gasteiger partial charge in [-0.05, 0) is 51.1 Å². The number of hydrogen-bond acceptors (Lipinski definition) is 10. The molecule has 0 aliphatic heterocycles. The number of H-pyrrole nitrogens is 1. The van der Waals surface area contributed by atoms with Gasteiger partial charge < -0.3 is 4.74 Å². The van der Waals surface area contributed by atoms with Crippen LogP contribution in [-0.2, 0) is 20.2 Å².